The minimum absolute atomic E-state index is 0.112. The van der Waals surface area contributed by atoms with Gasteiger partial charge in [-0.05, 0) is 53.2 Å². The van der Waals surface area contributed by atoms with Crippen molar-refractivity contribution in [2.45, 2.75) is 58.4 Å². The first-order valence-corrected chi connectivity index (χ1v) is 8.97. The molecule has 0 saturated heterocycles. The van der Waals surface area contributed by atoms with E-state index in [9.17, 15) is 8.42 Å². The third kappa shape index (κ3) is 5.09. The molecule has 1 aromatic rings. The maximum atomic E-state index is 12.3. The first-order valence-electron chi connectivity index (χ1n) is 7.49. The van der Waals surface area contributed by atoms with E-state index >= 15 is 0 Å². The summed E-state index contributed by atoms with van der Waals surface area (Å²) in [6, 6.07) is -0.112. The predicted molar refractivity (Wildman–Crippen MR) is 82.8 cm³/mol. The normalized spacial score (nSPS) is 13.8. The van der Waals surface area contributed by atoms with Gasteiger partial charge in [-0.3, -0.25) is 0 Å². The zero-order chi connectivity index (χ0) is 16.0. The summed E-state index contributed by atoms with van der Waals surface area (Å²) < 4.78 is 32.3. The summed E-state index contributed by atoms with van der Waals surface area (Å²) in [4.78, 5) is 2.49. The van der Waals surface area contributed by atoms with Crippen LogP contribution in [-0.2, 0) is 10.0 Å². The third-order valence-corrected chi connectivity index (χ3v) is 5.43. The lowest BCUT2D eigenvalue weighted by molar-refractivity contribution is 0.293. The molecule has 1 atom stereocenters. The Morgan fingerprint density at radius 1 is 1.29 bits per heavy atom. The molecule has 0 fully saturated rings. The zero-order valence-corrected chi connectivity index (χ0v) is 14.5. The molecule has 1 N–H and O–H groups in total. The highest BCUT2D eigenvalue weighted by molar-refractivity contribution is 7.89. The van der Waals surface area contributed by atoms with E-state index in [1.807, 2.05) is 6.92 Å². The third-order valence-electron chi connectivity index (χ3n) is 3.60. The van der Waals surface area contributed by atoms with Gasteiger partial charge in [-0.2, -0.15) is 0 Å². The molecule has 0 radical (unpaired) electrons. The largest absolute Gasteiger partial charge is 0.360 e. The molecule has 0 bridgehead atoms. The minimum Gasteiger partial charge on any atom is -0.360 e. The van der Waals surface area contributed by atoms with Crippen molar-refractivity contribution in [1.29, 1.82) is 0 Å². The molecule has 6 nitrogen and oxygen atoms in total. The van der Waals surface area contributed by atoms with E-state index in [1.165, 1.54) is 0 Å². The number of rotatable bonds is 9. The highest BCUT2D eigenvalue weighted by Gasteiger charge is 2.25. The van der Waals surface area contributed by atoms with Crippen LogP contribution < -0.4 is 4.72 Å². The summed E-state index contributed by atoms with van der Waals surface area (Å²) in [6.45, 7) is 12.4. The van der Waals surface area contributed by atoms with Crippen LogP contribution in [0.4, 0.5) is 0 Å². The van der Waals surface area contributed by atoms with Gasteiger partial charge in [0.15, 0.2) is 5.76 Å². The van der Waals surface area contributed by atoms with E-state index in [0.717, 1.165) is 32.5 Å². The van der Waals surface area contributed by atoms with Crippen molar-refractivity contribution in [3.05, 3.63) is 11.5 Å². The van der Waals surface area contributed by atoms with E-state index in [2.05, 4.69) is 28.6 Å². The van der Waals surface area contributed by atoms with Crippen molar-refractivity contribution in [2.75, 3.05) is 19.6 Å². The van der Waals surface area contributed by atoms with Gasteiger partial charge in [0.25, 0.3) is 0 Å². The summed E-state index contributed by atoms with van der Waals surface area (Å²) in [5.41, 5.74) is 0.398. The molecule has 0 aliphatic rings. The topological polar surface area (TPSA) is 75.4 Å². The van der Waals surface area contributed by atoms with Gasteiger partial charge in [0.2, 0.25) is 10.0 Å². The van der Waals surface area contributed by atoms with E-state index in [1.54, 1.807) is 13.8 Å². The molecule has 122 valence electrons. The van der Waals surface area contributed by atoms with Crippen LogP contribution in [0.5, 0.6) is 0 Å². The van der Waals surface area contributed by atoms with Crippen molar-refractivity contribution >= 4 is 10.0 Å². The number of hydrogen-bond acceptors (Lipinski definition) is 5. The zero-order valence-electron chi connectivity index (χ0n) is 13.6. The fraction of sp³-hybridized carbons (Fsp3) is 0.786. The Bertz CT molecular complexity index is 516. The molecule has 0 unspecified atom stereocenters. The lowest BCUT2D eigenvalue weighted by Gasteiger charge is -2.19. The Balaban J connectivity index is 2.56. The van der Waals surface area contributed by atoms with E-state index in [-0.39, 0.29) is 10.9 Å². The number of sulfonamides is 1. The summed E-state index contributed by atoms with van der Waals surface area (Å²) in [6.07, 6.45) is 1.77. The summed E-state index contributed by atoms with van der Waals surface area (Å²) in [7, 11) is -3.56. The quantitative estimate of drug-likeness (QED) is 0.754. The van der Waals surface area contributed by atoms with Crippen molar-refractivity contribution in [2.24, 2.45) is 0 Å². The van der Waals surface area contributed by atoms with Gasteiger partial charge in [-0.1, -0.05) is 19.0 Å². The van der Waals surface area contributed by atoms with E-state index in [0.29, 0.717) is 11.5 Å². The highest BCUT2D eigenvalue weighted by Crippen LogP contribution is 2.19. The summed E-state index contributed by atoms with van der Waals surface area (Å²) in [5.74, 6) is 0.329. The lowest BCUT2D eigenvalue weighted by Crippen LogP contribution is -2.34. The van der Waals surface area contributed by atoms with Crippen LogP contribution in [-0.4, -0.2) is 44.2 Å². The Labute approximate surface area is 127 Å². The number of nitrogens with zero attached hydrogens (tertiary/aromatic N) is 2. The summed E-state index contributed by atoms with van der Waals surface area (Å²) in [5, 5.41) is 3.70. The first-order chi connectivity index (χ1) is 9.81. The maximum Gasteiger partial charge on any atom is 0.246 e. The molecular weight excluding hydrogens is 290 g/mol. The molecule has 1 heterocycles. The standard InChI is InChI=1S/C14H27N3O3S/c1-6-17(7-2)10-8-9-11(3)16-21(18,19)14-12(4)15-20-13(14)5/h11,16H,6-10H2,1-5H3/t11-/m1/s1. The Kier molecular flexibility index (Phi) is 6.83. The number of aromatic nitrogens is 1. The van der Waals surface area contributed by atoms with Gasteiger partial charge in [-0.15, -0.1) is 0 Å². The van der Waals surface area contributed by atoms with Gasteiger partial charge < -0.3 is 9.42 Å². The van der Waals surface area contributed by atoms with Gasteiger partial charge >= 0.3 is 0 Å². The second-order valence-corrected chi connectivity index (χ2v) is 7.00. The van der Waals surface area contributed by atoms with Crippen LogP contribution >= 0.6 is 0 Å². The fourth-order valence-electron chi connectivity index (χ4n) is 2.40. The highest BCUT2D eigenvalue weighted by atomic mass is 32.2. The van der Waals surface area contributed by atoms with Crippen molar-refractivity contribution < 1.29 is 12.9 Å². The Morgan fingerprint density at radius 3 is 2.38 bits per heavy atom. The predicted octanol–water partition coefficient (Wildman–Crippen LogP) is 2.08. The molecule has 0 aliphatic heterocycles. The summed E-state index contributed by atoms with van der Waals surface area (Å²) >= 11 is 0. The SMILES string of the molecule is CCN(CC)CCC[C@@H](C)NS(=O)(=O)c1c(C)noc1C. The smallest absolute Gasteiger partial charge is 0.246 e. The molecule has 0 spiro atoms. The van der Waals surface area contributed by atoms with E-state index < -0.39 is 10.0 Å². The van der Waals surface area contributed by atoms with Gasteiger partial charge in [0, 0.05) is 6.04 Å². The van der Waals surface area contributed by atoms with Gasteiger partial charge in [0.1, 0.15) is 10.6 Å². The maximum absolute atomic E-state index is 12.3. The molecule has 21 heavy (non-hydrogen) atoms. The van der Waals surface area contributed by atoms with Crippen LogP contribution in [0, 0.1) is 13.8 Å². The van der Waals surface area contributed by atoms with Crippen LogP contribution in [0.1, 0.15) is 45.1 Å². The number of aryl methyl sites for hydroxylation is 2. The second-order valence-electron chi connectivity index (χ2n) is 5.34. The number of hydrogen-bond donors (Lipinski definition) is 1. The molecule has 0 amide bonds. The van der Waals surface area contributed by atoms with Crippen molar-refractivity contribution in [1.82, 2.24) is 14.8 Å². The fourth-order valence-corrected chi connectivity index (χ4v) is 4.01. The molecule has 0 saturated carbocycles. The van der Waals surface area contributed by atoms with Crippen LogP contribution in [0.2, 0.25) is 0 Å². The first kappa shape index (κ1) is 18.1. The average molecular weight is 317 g/mol. The Morgan fingerprint density at radius 2 is 1.90 bits per heavy atom. The molecule has 7 heteroatoms. The monoisotopic (exact) mass is 317 g/mol. The minimum atomic E-state index is -3.56. The molecule has 0 aliphatic carbocycles. The lowest BCUT2D eigenvalue weighted by atomic mass is 10.2. The number of nitrogens with one attached hydrogen (secondary N) is 1. The van der Waals surface area contributed by atoms with Crippen molar-refractivity contribution in [3.8, 4) is 0 Å². The molecule has 1 rings (SSSR count). The molecule has 1 aromatic heterocycles. The van der Waals surface area contributed by atoms with Gasteiger partial charge in [0.05, 0.1) is 0 Å². The second kappa shape index (κ2) is 7.91. The van der Waals surface area contributed by atoms with Crippen molar-refractivity contribution in [3.63, 3.8) is 0 Å². The van der Waals surface area contributed by atoms with Gasteiger partial charge in [-0.25, -0.2) is 13.1 Å². The molecular formula is C14H27N3O3S. The van der Waals surface area contributed by atoms with E-state index in [4.69, 9.17) is 4.52 Å². The molecule has 0 aromatic carbocycles. The van der Waals surface area contributed by atoms with Crippen LogP contribution in [0.15, 0.2) is 9.42 Å². The van der Waals surface area contributed by atoms with Crippen LogP contribution in [0.3, 0.4) is 0 Å². The van der Waals surface area contributed by atoms with Crippen LogP contribution in [0.25, 0.3) is 0 Å². The Hall–Kier alpha value is -0.920. The average Bonchev–Trinajstić information content (AvgIpc) is 2.74.